The van der Waals surface area contributed by atoms with Gasteiger partial charge in [-0.25, -0.2) is 4.39 Å². The third-order valence-electron chi connectivity index (χ3n) is 3.20. The molecule has 2 rings (SSSR count). The van der Waals surface area contributed by atoms with E-state index in [-0.39, 0.29) is 22.9 Å². The summed E-state index contributed by atoms with van der Waals surface area (Å²) in [6, 6.07) is 3.96. The van der Waals surface area contributed by atoms with E-state index in [0.29, 0.717) is 18.9 Å². The fraction of sp³-hybridized carbons (Fsp3) is 0.500. The van der Waals surface area contributed by atoms with Crippen LogP contribution in [0.3, 0.4) is 0 Å². The molecule has 1 saturated heterocycles. The first kappa shape index (κ1) is 15.2. The van der Waals surface area contributed by atoms with Gasteiger partial charge in [-0.15, -0.1) is 0 Å². The number of carbonyl (C=O) groups is 1. The Kier molecular flexibility index (Phi) is 5.34. The van der Waals surface area contributed by atoms with Crippen LogP contribution in [0, 0.1) is 11.7 Å². The van der Waals surface area contributed by atoms with Crippen molar-refractivity contribution in [3.63, 3.8) is 0 Å². The first-order valence-electron chi connectivity index (χ1n) is 6.68. The van der Waals surface area contributed by atoms with Crippen LogP contribution < -0.4 is 10.6 Å². The molecular formula is C14H18ClFN2O2. The lowest BCUT2D eigenvalue weighted by molar-refractivity contribution is -0.120. The SMILES string of the molecule is CCCNC1COCC1C(=O)Nc1cc(F)cc(Cl)c1. The maximum atomic E-state index is 13.2. The van der Waals surface area contributed by atoms with Gasteiger partial charge in [-0.2, -0.15) is 0 Å². The first-order valence-corrected chi connectivity index (χ1v) is 7.06. The van der Waals surface area contributed by atoms with Crippen LogP contribution in [0.2, 0.25) is 5.02 Å². The van der Waals surface area contributed by atoms with E-state index in [1.54, 1.807) is 0 Å². The Labute approximate surface area is 122 Å². The number of rotatable bonds is 5. The number of halogens is 2. The zero-order valence-corrected chi connectivity index (χ0v) is 12.0. The molecule has 0 bridgehead atoms. The molecule has 2 unspecified atom stereocenters. The lowest BCUT2D eigenvalue weighted by atomic mass is 10.0. The molecule has 2 N–H and O–H groups in total. The molecule has 0 saturated carbocycles. The van der Waals surface area contributed by atoms with E-state index >= 15 is 0 Å². The van der Waals surface area contributed by atoms with Crippen LogP contribution in [-0.2, 0) is 9.53 Å². The van der Waals surface area contributed by atoms with Gasteiger partial charge in [0.05, 0.1) is 19.1 Å². The highest BCUT2D eigenvalue weighted by atomic mass is 35.5. The molecule has 0 aliphatic carbocycles. The molecule has 110 valence electrons. The molecule has 0 aromatic heterocycles. The van der Waals surface area contributed by atoms with Crippen LogP contribution in [0.4, 0.5) is 10.1 Å². The maximum absolute atomic E-state index is 13.2. The summed E-state index contributed by atoms with van der Waals surface area (Å²) in [5, 5.41) is 6.23. The summed E-state index contributed by atoms with van der Waals surface area (Å²) < 4.78 is 18.6. The second-order valence-corrected chi connectivity index (χ2v) is 5.29. The highest BCUT2D eigenvalue weighted by Crippen LogP contribution is 2.21. The predicted octanol–water partition coefficient (Wildman–Crippen LogP) is 2.43. The number of hydrogen-bond donors (Lipinski definition) is 2. The highest BCUT2D eigenvalue weighted by Gasteiger charge is 2.33. The summed E-state index contributed by atoms with van der Waals surface area (Å²) in [6.45, 7) is 3.79. The minimum Gasteiger partial charge on any atom is -0.379 e. The van der Waals surface area contributed by atoms with Gasteiger partial charge in [-0.05, 0) is 31.2 Å². The summed E-state index contributed by atoms with van der Waals surface area (Å²) >= 11 is 5.76. The normalized spacial score (nSPS) is 21.9. The number of ether oxygens (including phenoxy) is 1. The molecule has 1 aliphatic heterocycles. The van der Waals surface area contributed by atoms with Gasteiger partial charge in [0.1, 0.15) is 5.82 Å². The van der Waals surface area contributed by atoms with Crippen LogP contribution >= 0.6 is 11.6 Å². The molecular weight excluding hydrogens is 283 g/mol. The predicted molar refractivity (Wildman–Crippen MR) is 76.4 cm³/mol. The van der Waals surface area contributed by atoms with Crippen molar-refractivity contribution < 1.29 is 13.9 Å². The summed E-state index contributed by atoms with van der Waals surface area (Å²) in [5.74, 6) is -0.933. The molecule has 1 aliphatic rings. The van der Waals surface area contributed by atoms with Crippen molar-refractivity contribution in [1.82, 2.24) is 5.32 Å². The number of amides is 1. The fourth-order valence-electron chi connectivity index (χ4n) is 2.20. The number of hydrogen-bond acceptors (Lipinski definition) is 3. The Morgan fingerprint density at radius 1 is 1.45 bits per heavy atom. The van der Waals surface area contributed by atoms with Crippen molar-refractivity contribution in [2.24, 2.45) is 5.92 Å². The summed E-state index contributed by atoms with van der Waals surface area (Å²) in [6.07, 6.45) is 0.990. The molecule has 2 atom stereocenters. The average Bonchev–Trinajstić information content (AvgIpc) is 2.83. The summed E-state index contributed by atoms with van der Waals surface area (Å²) in [7, 11) is 0. The van der Waals surface area contributed by atoms with Crippen molar-refractivity contribution in [3.05, 3.63) is 29.0 Å². The van der Waals surface area contributed by atoms with Gasteiger partial charge in [0.2, 0.25) is 5.91 Å². The minimum absolute atomic E-state index is 0.000943. The smallest absolute Gasteiger partial charge is 0.231 e. The zero-order valence-electron chi connectivity index (χ0n) is 11.3. The van der Waals surface area contributed by atoms with Gasteiger partial charge in [0.25, 0.3) is 0 Å². The third kappa shape index (κ3) is 3.91. The van der Waals surface area contributed by atoms with Crippen molar-refractivity contribution in [3.8, 4) is 0 Å². The van der Waals surface area contributed by atoms with E-state index in [0.717, 1.165) is 13.0 Å². The lowest BCUT2D eigenvalue weighted by Crippen LogP contribution is -2.41. The van der Waals surface area contributed by atoms with Gasteiger partial charge in [-0.3, -0.25) is 4.79 Å². The molecule has 4 nitrogen and oxygen atoms in total. The Morgan fingerprint density at radius 3 is 2.95 bits per heavy atom. The molecule has 1 aromatic rings. The molecule has 1 amide bonds. The summed E-state index contributed by atoms with van der Waals surface area (Å²) in [5.41, 5.74) is 0.362. The fourth-order valence-corrected chi connectivity index (χ4v) is 2.43. The van der Waals surface area contributed by atoms with Crippen molar-refractivity contribution in [1.29, 1.82) is 0 Å². The molecule has 1 heterocycles. The average molecular weight is 301 g/mol. The van der Waals surface area contributed by atoms with E-state index in [2.05, 4.69) is 17.6 Å². The zero-order chi connectivity index (χ0) is 14.5. The van der Waals surface area contributed by atoms with Crippen molar-refractivity contribution in [2.75, 3.05) is 25.1 Å². The number of nitrogens with one attached hydrogen (secondary N) is 2. The van der Waals surface area contributed by atoms with Gasteiger partial charge in [-0.1, -0.05) is 18.5 Å². The standard InChI is InChI=1S/C14H18ClFN2O2/c1-2-3-17-13-8-20-7-12(13)14(19)18-11-5-9(15)4-10(16)6-11/h4-6,12-13,17H,2-3,7-8H2,1H3,(H,18,19). The maximum Gasteiger partial charge on any atom is 0.231 e. The third-order valence-corrected chi connectivity index (χ3v) is 3.42. The summed E-state index contributed by atoms with van der Waals surface area (Å²) in [4.78, 5) is 12.2. The van der Waals surface area contributed by atoms with Crippen LogP contribution in [0.25, 0.3) is 0 Å². The van der Waals surface area contributed by atoms with Gasteiger partial charge >= 0.3 is 0 Å². The second kappa shape index (κ2) is 7.02. The minimum atomic E-state index is -0.476. The van der Waals surface area contributed by atoms with Crippen LogP contribution in [0.15, 0.2) is 18.2 Å². The molecule has 0 spiro atoms. The van der Waals surface area contributed by atoms with E-state index in [1.807, 2.05) is 0 Å². The quantitative estimate of drug-likeness (QED) is 0.878. The second-order valence-electron chi connectivity index (χ2n) is 4.85. The Balaban J connectivity index is 1.99. The van der Waals surface area contributed by atoms with Crippen molar-refractivity contribution in [2.45, 2.75) is 19.4 Å². The van der Waals surface area contributed by atoms with E-state index in [1.165, 1.54) is 18.2 Å². The molecule has 0 radical (unpaired) electrons. The number of benzene rings is 1. The van der Waals surface area contributed by atoms with Crippen molar-refractivity contribution >= 4 is 23.2 Å². The van der Waals surface area contributed by atoms with E-state index in [9.17, 15) is 9.18 Å². The number of anilines is 1. The monoisotopic (exact) mass is 300 g/mol. The first-order chi connectivity index (χ1) is 9.60. The molecule has 20 heavy (non-hydrogen) atoms. The van der Waals surface area contributed by atoms with Gasteiger partial charge < -0.3 is 15.4 Å². The topological polar surface area (TPSA) is 50.4 Å². The Bertz CT molecular complexity index is 464. The highest BCUT2D eigenvalue weighted by molar-refractivity contribution is 6.30. The molecule has 1 fully saturated rings. The van der Waals surface area contributed by atoms with Gasteiger partial charge in [0.15, 0.2) is 0 Å². The van der Waals surface area contributed by atoms with Gasteiger partial charge in [0, 0.05) is 16.8 Å². The Morgan fingerprint density at radius 2 is 2.25 bits per heavy atom. The lowest BCUT2D eigenvalue weighted by Gasteiger charge is -2.18. The van der Waals surface area contributed by atoms with E-state index in [4.69, 9.17) is 16.3 Å². The van der Waals surface area contributed by atoms with E-state index < -0.39 is 5.82 Å². The van der Waals surface area contributed by atoms with Crippen LogP contribution in [0.1, 0.15) is 13.3 Å². The molecule has 1 aromatic carbocycles. The number of carbonyl (C=O) groups excluding carboxylic acids is 1. The largest absolute Gasteiger partial charge is 0.379 e. The Hall–Kier alpha value is -1.17. The van der Waals surface area contributed by atoms with Crippen LogP contribution in [-0.4, -0.2) is 31.7 Å². The van der Waals surface area contributed by atoms with Crippen LogP contribution in [0.5, 0.6) is 0 Å². The molecule has 6 heteroatoms.